The van der Waals surface area contributed by atoms with Crippen molar-refractivity contribution in [2.45, 2.75) is 12.6 Å². The molecule has 2 N–H and O–H groups in total. The van der Waals surface area contributed by atoms with Gasteiger partial charge in [0.2, 0.25) is 5.91 Å². The smallest absolute Gasteiger partial charge is 0.400 e. The third-order valence-corrected chi connectivity index (χ3v) is 5.35. The molecule has 0 radical (unpaired) electrons. The van der Waals surface area contributed by atoms with E-state index in [4.69, 9.17) is 16.0 Å². The van der Waals surface area contributed by atoms with E-state index in [1.807, 2.05) is 0 Å². The number of carbonyl (C=O) groups excluding carboxylic acids is 1. The largest absolute Gasteiger partial charge is 0.478 e. The number of rotatable bonds is 6. The van der Waals surface area contributed by atoms with Crippen LogP contribution >= 0.6 is 22.9 Å². The van der Waals surface area contributed by atoms with Gasteiger partial charge in [-0.3, -0.25) is 4.79 Å². The molecule has 3 aromatic rings. The Morgan fingerprint density at radius 2 is 1.90 bits per heavy atom. The van der Waals surface area contributed by atoms with Crippen molar-refractivity contribution in [3.05, 3.63) is 64.4 Å². The molecule has 3 rings (SSSR count). The molecule has 5 nitrogen and oxygen atoms in total. The molecule has 10 heteroatoms. The number of anilines is 1. The highest BCUT2D eigenvalue weighted by atomic mass is 35.5. The first-order valence-corrected chi connectivity index (χ1v) is 9.43. The van der Waals surface area contributed by atoms with Gasteiger partial charge in [-0.2, -0.15) is 13.2 Å². The number of carbonyl (C=O) groups is 2. The summed E-state index contributed by atoms with van der Waals surface area (Å²) >= 11 is 6.82. The van der Waals surface area contributed by atoms with Crippen molar-refractivity contribution in [1.82, 2.24) is 0 Å². The number of halogens is 4. The molecule has 0 aliphatic carbocycles. The van der Waals surface area contributed by atoms with Crippen molar-refractivity contribution in [2.75, 3.05) is 5.32 Å². The van der Waals surface area contributed by atoms with Crippen molar-refractivity contribution in [3.63, 3.8) is 0 Å². The molecule has 0 aliphatic rings. The third-order valence-electron chi connectivity index (χ3n) is 4.07. The van der Waals surface area contributed by atoms with Crippen LogP contribution in [0.3, 0.4) is 0 Å². The van der Waals surface area contributed by atoms with E-state index < -0.39 is 30.4 Å². The molecule has 0 saturated carbocycles. The van der Waals surface area contributed by atoms with Crippen LogP contribution in [-0.4, -0.2) is 23.2 Å². The summed E-state index contributed by atoms with van der Waals surface area (Å²) in [5.74, 6) is -5.14. The van der Waals surface area contributed by atoms with Crippen molar-refractivity contribution in [3.8, 4) is 10.4 Å². The van der Waals surface area contributed by atoms with E-state index in [2.05, 4.69) is 5.32 Å². The minimum atomic E-state index is -4.84. The number of carboxylic acids is 1. The standard InChI is InChI=1S/C19H13ClF3NO4S/c20-11-5-3-10(4-6-11)16-15(18(26)27)14(9-29-16)24-17(25)13(19(21,22)23)8-12-2-1-7-28-12/h1-7,9,13H,8H2,(H,24,25)(H,26,27). The van der Waals surface area contributed by atoms with Crippen LogP contribution < -0.4 is 5.32 Å². The Morgan fingerprint density at radius 1 is 1.21 bits per heavy atom. The van der Waals surface area contributed by atoms with Gasteiger partial charge in [0.15, 0.2) is 0 Å². The lowest BCUT2D eigenvalue weighted by molar-refractivity contribution is -0.180. The van der Waals surface area contributed by atoms with Gasteiger partial charge in [0.1, 0.15) is 17.2 Å². The zero-order valence-corrected chi connectivity index (χ0v) is 16.1. The number of amides is 1. The van der Waals surface area contributed by atoms with Gasteiger partial charge in [-0.15, -0.1) is 11.3 Å². The minimum absolute atomic E-state index is 0.00638. The van der Waals surface area contributed by atoms with Crippen LogP contribution in [0.15, 0.2) is 52.5 Å². The lowest BCUT2D eigenvalue weighted by Gasteiger charge is -2.18. The number of hydrogen-bond acceptors (Lipinski definition) is 4. The van der Waals surface area contributed by atoms with Gasteiger partial charge in [0.25, 0.3) is 0 Å². The van der Waals surface area contributed by atoms with Crippen LogP contribution in [0.25, 0.3) is 10.4 Å². The number of nitrogens with one attached hydrogen (secondary N) is 1. The van der Waals surface area contributed by atoms with Crippen molar-refractivity contribution in [2.24, 2.45) is 5.92 Å². The molecule has 1 aromatic carbocycles. The van der Waals surface area contributed by atoms with Gasteiger partial charge in [0, 0.05) is 16.8 Å². The first kappa shape index (κ1) is 20.9. The summed E-state index contributed by atoms with van der Waals surface area (Å²) in [6.07, 6.45) is -4.32. The number of carboxylic acid groups (broad SMARTS) is 1. The molecule has 29 heavy (non-hydrogen) atoms. The Balaban J connectivity index is 1.91. The second kappa shape index (κ2) is 8.30. The molecule has 0 aliphatic heterocycles. The highest BCUT2D eigenvalue weighted by Crippen LogP contribution is 2.38. The zero-order valence-electron chi connectivity index (χ0n) is 14.5. The average molecular weight is 444 g/mol. The monoisotopic (exact) mass is 443 g/mol. The molecular weight excluding hydrogens is 431 g/mol. The number of thiophene rings is 1. The van der Waals surface area contributed by atoms with E-state index in [1.54, 1.807) is 24.3 Å². The summed E-state index contributed by atoms with van der Waals surface area (Å²) in [6.45, 7) is 0. The number of hydrogen-bond donors (Lipinski definition) is 2. The van der Waals surface area contributed by atoms with Gasteiger partial charge < -0.3 is 14.8 Å². The van der Waals surface area contributed by atoms with Crippen LogP contribution in [0.4, 0.5) is 18.9 Å². The maximum absolute atomic E-state index is 13.4. The Hall–Kier alpha value is -2.78. The summed E-state index contributed by atoms with van der Waals surface area (Å²) in [6, 6.07) is 9.04. The first-order valence-electron chi connectivity index (χ1n) is 8.17. The summed E-state index contributed by atoms with van der Waals surface area (Å²) < 4.78 is 45.1. The normalized spacial score (nSPS) is 12.6. The van der Waals surface area contributed by atoms with Gasteiger partial charge >= 0.3 is 12.1 Å². The lowest BCUT2D eigenvalue weighted by Crippen LogP contribution is -2.36. The van der Waals surface area contributed by atoms with Gasteiger partial charge in [-0.05, 0) is 29.8 Å². The fraction of sp³-hybridized carbons (Fsp3) is 0.158. The highest BCUT2D eigenvalue weighted by Gasteiger charge is 2.45. The first-order chi connectivity index (χ1) is 13.7. The zero-order chi connectivity index (χ0) is 21.2. The number of furan rings is 1. The maximum atomic E-state index is 13.4. The predicted octanol–water partition coefficient (Wildman–Crippen LogP) is 5.72. The van der Waals surface area contributed by atoms with Crippen LogP contribution in [-0.2, 0) is 11.2 Å². The summed E-state index contributed by atoms with van der Waals surface area (Å²) in [5, 5.41) is 13.4. The number of aromatic carboxylic acids is 1. The van der Waals surface area contributed by atoms with Crippen molar-refractivity contribution >= 4 is 40.5 Å². The average Bonchev–Trinajstić information content (AvgIpc) is 3.29. The summed E-state index contributed by atoms with van der Waals surface area (Å²) in [5.41, 5.74) is 0.0241. The van der Waals surface area contributed by atoms with Crippen LogP contribution in [0.2, 0.25) is 5.02 Å². The number of benzene rings is 1. The van der Waals surface area contributed by atoms with E-state index in [0.29, 0.717) is 15.5 Å². The van der Waals surface area contributed by atoms with E-state index in [-0.39, 0.29) is 17.0 Å². The Labute approximate surface area is 171 Å². The van der Waals surface area contributed by atoms with Gasteiger partial charge in [-0.1, -0.05) is 23.7 Å². The van der Waals surface area contributed by atoms with Crippen LogP contribution in [0.5, 0.6) is 0 Å². The van der Waals surface area contributed by atoms with Crippen LogP contribution in [0, 0.1) is 5.92 Å². The molecule has 152 valence electrons. The fourth-order valence-electron chi connectivity index (χ4n) is 2.68. The SMILES string of the molecule is O=C(O)c1c(NC(=O)C(Cc2ccco2)C(F)(F)F)csc1-c1ccc(Cl)cc1. The molecule has 1 atom stereocenters. The molecule has 1 unspecified atom stereocenters. The molecule has 0 spiro atoms. The topological polar surface area (TPSA) is 79.5 Å². The van der Waals surface area contributed by atoms with Gasteiger partial charge in [-0.25, -0.2) is 4.79 Å². The van der Waals surface area contributed by atoms with Crippen molar-refractivity contribution < 1.29 is 32.3 Å². The quantitative estimate of drug-likeness (QED) is 0.510. The van der Waals surface area contributed by atoms with E-state index >= 15 is 0 Å². The molecule has 0 saturated heterocycles. The second-order valence-corrected chi connectivity index (χ2v) is 7.35. The van der Waals surface area contributed by atoms with E-state index in [9.17, 15) is 27.9 Å². The highest BCUT2D eigenvalue weighted by molar-refractivity contribution is 7.14. The Kier molecular flexibility index (Phi) is 5.99. The second-order valence-electron chi connectivity index (χ2n) is 6.03. The van der Waals surface area contributed by atoms with E-state index in [1.165, 1.54) is 23.8 Å². The summed E-state index contributed by atoms with van der Waals surface area (Å²) in [7, 11) is 0. The molecule has 0 fully saturated rings. The number of alkyl halides is 3. The molecule has 0 bridgehead atoms. The Bertz CT molecular complexity index is 1010. The molecule has 2 aromatic heterocycles. The Morgan fingerprint density at radius 3 is 2.45 bits per heavy atom. The fourth-order valence-corrected chi connectivity index (χ4v) is 3.81. The van der Waals surface area contributed by atoms with E-state index in [0.717, 1.165) is 11.3 Å². The third kappa shape index (κ3) is 4.80. The molecule has 1 amide bonds. The van der Waals surface area contributed by atoms with Crippen molar-refractivity contribution in [1.29, 1.82) is 0 Å². The van der Waals surface area contributed by atoms with Crippen LogP contribution in [0.1, 0.15) is 16.1 Å². The molecular formula is C19H13ClF3NO4S. The summed E-state index contributed by atoms with van der Waals surface area (Å²) in [4.78, 5) is 24.4. The maximum Gasteiger partial charge on any atom is 0.400 e. The minimum Gasteiger partial charge on any atom is -0.478 e. The van der Waals surface area contributed by atoms with Gasteiger partial charge in [0.05, 0.1) is 16.8 Å². The lowest BCUT2D eigenvalue weighted by atomic mass is 10.0. The predicted molar refractivity (Wildman–Crippen MR) is 102 cm³/mol. The molecule has 2 heterocycles.